The molecule has 138 valence electrons. The number of hydrogen-bond donors (Lipinski definition) is 2. The Labute approximate surface area is 144 Å². The first kappa shape index (κ1) is 19.2. The van der Waals surface area contributed by atoms with Gasteiger partial charge in [-0.1, -0.05) is 6.07 Å². The van der Waals surface area contributed by atoms with Crippen molar-refractivity contribution in [3.8, 4) is 0 Å². The first-order chi connectivity index (χ1) is 11.4. The summed E-state index contributed by atoms with van der Waals surface area (Å²) < 4.78 is 54.1. The number of alkyl carbamates (subject to hydrolysis) is 1. The zero-order valence-corrected chi connectivity index (χ0v) is 14.5. The number of nitrogens with one attached hydrogen (secondary N) is 2. The summed E-state index contributed by atoms with van der Waals surface area (Å²) in [5.74, 6) is -0.590. The van der Waals surface area contributed by atoms with Crippen LogP contribution in [0, 0.1) is 0 Å². The molecule has 1 aliphatic rings. The fourth-order valence-corrected chi connectivity index (χ4v) is 2.88. The van der Waals surface area contributed by atoms with E-state index in [-0.39, 0.29) is 12.1 Å². The van der Waals surface area contributed by atoms with Gasteiger partial charge in [0.1, 0.15) is 11.6 Å². The predicted octanol–water partition coefficient (Wildman–Crippen LogP) is 2.70. The van der Waals surface area contributed by atoms with E-state index in [4.69, 9.17) is 4.74 Å². The Hall–Kier alpha value is -2.10. The molecule has 0 spiro atoms. The van der Waals surface area contributed by atoms with Crippen molar-refractivity contribution in [3.05, 3.63) is 23.8 Å². The summed E-state index contributed by atoms with van der Waals surface area (Å²) in [6.45, 7) is 5.02. The van der Waals surface area contributed by atoms with Crippen molar-refractivity contribution in [1.29, 1.82) is 0 Å². The van der Waals surface area contributed by atoms with Crippen LogP contribution in [0.4, 0.5) is 23.7 Å². The van der Waals surface area contributed by atoms with E-state index in [9.17, 15) is 27.0 Å². The molecule has 1 unspecified atom stereocenters. The van der Waals surface area contributed by atoms with Gasteiger partial charge in [0.25, 0.3) is 0 Å². The molecule has 10 heteroatoms. The van der Waals surface area contributed by atoms with Crippen LogP contribution in [0.2, 0.25) is 0 Å². The number of amides is 2. The van der Waals surface area contributed by atoms with Crippen molar-refractivity contribution in [2.24, 2.45) is 0 Å². The van der Waals surface area contributed by atoms with E-state index < -0.39 is 44.8 Å². The highest BCUT2D eigenvalue weighted by atomic mass is 32.2. The fraction of sp³-hybridized carbons (Fsp3) is 0.467. The van der Waals surface area contributed by atoms with Gasteiger partial charge in [-0.2, -0.15) is 13.2 Å². The number of halogens is 3. The lowest BCUT2D eigenvalue weighted by molar-refractivity contribution is -0.118. The number of hydrogen-bond acceptors (Lipinski definition) is 4. The van der Waals surface area contributed by atoms with Crippen LogP contribution in [0.1, 0.15) is 26.3 Å². The zero-order valence-electron chi connectivity index (χ0n) is 13.7. The largest absolute Gasteiger partial charge is 0.475 e. The van der Waals surface area contributed by atoms with Gasteiger partial charge in [0, 0.05) is 17.0 Å². The SMILES string of the molecule is CC(C)(C)OC(=O)N[C@@H]1Cc2ccc(S(=O)C(F)(F)F)cc2NC1=O. The molecule has 1 aromatic carbocycles. The summed E-state index contributed by atoms with van der Waals surface area (Å²) in [5.41, 5.74) is -4.96. The quantitative estimate of drug-likeness (QED) is 0.829. The number of carbonyl (C=O) groups excluding carboxylic acids is 2. The minimum Gasteiger partial charge on any atom is -0.444 e. The average Bonchev–Trinajstić information content (AvgIpc) is 2.43. The molecule has 1 heterocycles. The molecule has 1 aromatic rings. The summed E-state index contributed by atoms with van der Waals surface area (Å²) in [6.07, 6.45) is -0.690. The van der Waals surface area contributed by atoms with Gasteiger partial charge in [-0.25, -0.2) is 9.00 Å². The maximum Gasteiger partial charge on any atom is 0.475 e. The Morgan fingerprint density at radius 1 is 1.32 bits per heavy atom. The zero-order chi connectivity index (χ0) is 19.0. The molecule has 0 aliphatic carbocycles. The second-order valence-electron chi connectivity index (χ2n) is 6.43. The summed E-state index contributed by atoms with van der Waals surface area (Å²) >= 11 is 0. The van der Waals surface area contributed by atoms with Gasteiger partial charge >= 0.3 is 11.6 Å². The topological polar surface area (TPSA) is 84.5 Å². The van der Waals surface area contributed by atoms with Crippen molar-refractivity contribution in [2.45, 2.75) is 49.2 Å². The Morgan fingerprint density at radius 2 is 1.96 bits per heavy atom. The molecule has 2 amide bonds. The van der Waals surface area contributed by atoms with Gasteiger partial charge in [-0.15, -0.1) is 0 Å². The Kier molecular flexibility index (Phi) is 5.12. The van der Waals surface area contributed by atoms with E-state index in [2.05, 4.69) is 10.6 Å². The van der Waals surface area contributed by atoms with Crippen LogP contribution < -0.4 is 10.6 Å². The molecule has 0 bridgehead atoms. The van der Waals surface area contributed by atoms with E-state index in [1.807, 2.05) is 0 Å². The highest BCUT2D eigenvalue weighted by Gasteiger charge is 2.38. The maximum atomic E-state index is 12.5. The molecule has 0 saturated heterocycles. The van der Waals surface area contributed by atoms with E-state index in [1.54, 1.807) is 20.8 Å². The molecule has 0 fully saturated rings. The number of fused-ring (bicyclic) bond motifs is 1. The van der Waals surface area contributed by atoms with Crippen LogP contribution in [-0.2, 0) is 26.8 Å². The van der Waals surface area contributed by atoms with Gasteiger partial charge in [0.2, 0.25) is 5.91 Å². The van der Waals surface area contributed by atoms with Crippen LogP contribution in [-0.4, -0.2) is 33.4 Å². The number of anilines is 1. The molecule has 2 atom stereocenters. The maximum absolute atomic E-state index is 12.5. The van der Waals surface area contributed by atoms with Gasteiger partial charge < -0.3 is 15.4 Å². The second kappa shape index (κ2) is 6.66. The summed E-state index contributed by atoms with van der Waals surface area (Å²) in [6, 6.07) is 2.55. The summed E-state index contributed by atoms with van der Waals surface area (Å²) in [7, 11) is -3.18. The van der Waals surface area contributed by atoms with Crippen LogP contribution in [0.15, 0.2) is 23.1 Å². The fourth-order valence-electron chi connectivity index (χ4n) is 2.20. The van der Waals surface area contributed by atoms with Gasteiger partial charge in [0.15, 0.2) is 10.8 Å². The second-order valence-corrected chi connectivity index (χ2v) is 7.90. The number of rotatable bonds is 2. The van der Waals surface area contributed by atoms with Crippen molar-refractivity contribution >= 4 is 28.5 Å². The van der Waals surface area contributed by atoms with Crippen LogP contribution in [0.3, 0.4) is 0 Å². The van der Waals surface area contributed by atoms with Gasteiger partial charge in [-0.05, 0) is 38.5 Å². The monoisotopic (exact) mass is 378 g/mol. The third kappa shape index (κ3) is 4.94. The molecule has 0 aromatic heterocycles. The first-order valence-electron chi connectivity index (χ1n) is 7.29. The third-order valence-corrected chi connectivity index (χ3v) is 4.30. The number of ether oxygens (including phenoxy) is 1. The molecule has 0 saturated carbocycles. The normalized spacial score (nSPS) is 18.8. The minimum atomic E-state index is -4.88. The van der Waals surface area contributed by atoms with Crippen molar-refractivity contribution in [2.75, 3.05) is 5.32 Å². The third-order valence-electron chi connectivity index (χ3n) is 3.19. The molecular weight excluding hydrogens is 361 g/mol. The Bertz CT molecular complexity index is 728. The molecule has 25 heavy (non-hydrogen) atoms. The minimum absolute atomic E-state index is 0.0827. The summed E-state index contributed by atoms with van der Waals surface area (Å²) in [5, 5.41) is 4.83. The van der Waals surface area contributed by atoms with Gasteiger partial charge in [0.05, 0.1) is 0 Å². The predicted molar refractivity (Wildman–Crippen MR) is 84.4 cm³/mol. The van der Waals surface area contributed by atoms with E-state index in [1.165, 1.54) is 6.07 Å². The van der Waals surface area contributed by atoms with Crippen molar-refractivity contribution in [3.63, 3.8) is 0 Å². The summed E-state index contributed by atoms with van der Waals surface area (Å²) in [4.78, 5) is 23.4. The number of benzene rings is 1. The standard InChI is InChI=1S/C15H17F3N2O4S/c1-14(2,3)24-13(22)20-11-6-8-4-5-9(25(23)15(16,17)18)7-10(8)19-12(11)21/h4-5,7,11H,6H2,1-3H3,(H,19,21)(H,20,22)/t11-,25?/m1/s1. The first-order valence-corrected chi connectivity index (χ1v) is 8.44. The average molecular weight is 378 g/mol. The van der Waals surface area contributed by atoms with E-state index in [0.717, 1.165) is 12.1 Å². The number of carbonyl (C=O) groups is 2. The molecule has 2 N–H and O–H groups in total. The van der Waals surface area contributed by atoms with E-state index in [0.29, 0.717) is 5.56 Å². The lowest BCUT2D eigenvalue weighted by Gasteiger charge is -2.27. The number of alkyl halides is 3. The van der Waals surface area contributed by atoms with Crippen molar-refractivity contribution < 1.29 is 31.7 Å². The van der Waals surface area contributed by atoms with E-state index >= 15 is 0 Å². The lowest BCUT2D eigenvalue weighted by atomic mass is 9.99. The van der Waals surface area contributed by atoms with Crippen LogP contribution in [0.5, 0.6) is 0 Å². The van der Waals surface area contributed by atoms with Crippen LogP contribution in [0.25, 0.3) is 0 Å². The Morgan fingerprint density at radius 3 is 2.52 bits per heavy atom. The molecule has 1 aliphatic heterocycles. The van der Waals surface area contributed by atoms with Crippen molar-refractivity contribution in [1.82, 2.24) is 5.32 Å². The smallest absolute Gasteiger partial charge is 0.444 e. The highest BCUT2D eigenvalue weighted by molar-refractivity contribution is 7.86. The Balaban J connectivity index is 2.15. The molecule has 6 nitrogen and oxygen atoms in total. The molecule has 2 rings (SSSR count). The highest BCUT2D eigenvalue weighted by Crippen LogP contribution is 2.31. The van der Waals surface area contributed by atoms with Gasteiger partial charge in [-0.3, -0.25) is 4.79 Å². The molecule has 0 radical (unpaired) electrons. The van der Waals surface area contributed by atoms with Crippen LogP contribution >= 0.6 is 0 Å². The lowest BCUT2D eigenvalue weighted by Crippen LogP contribution is -2.49. The molecular formula is C15H17F3N2O4S.